The van der Waals surface area contributed by atoms with Crippen molar-refractivity contribution in [3.05, 3.63) is 52.5 Å². The second-order valence-corrected chi connectivity index (χ2v) is 6.34. The number of carbonyl (C=O) groups excluding carboxylic acids is 2. The molecule has 0 aliphatic rings. The molecule has 0 spiro atoms. The van der Waals surface area contributed by atoms with Crippen molar-refractivity contribution in [2.75, 3.05) is 19.0 Å². The number of hydrogen-bond donors (Lipinski definition) is 1. The highest BCUT2D eigenvalue weighted by molar-refractivity contribution is 6.32. The van der Waals surface area contributed by atoms with Gasteiger partial charge in [0.1, 0.15) is 6.07 Å². The molecule has 0 unspecified atom stereocenters. The summed E-state index contributed by atoms with van der Waals surface area (Å²) in [4.78, 5) is 24.3. The number of nitriles is 1. The van der Waals surface area contributed by atoms with Crippen LogP contribution in [0.25, 0.3) is 0 Å². The van der Waals surface area contributed by atoms with Crippen LogP contribution in [0.2, 0.25) is 5.02 Å². The lowest BCUT2D eigenvalue weighted by molar-refractivity contribution is -0.119. The molecule has 0 heterocycles. The SMILES string of the molecule is COc1cc(C(=O)OCC(=O)Nc2ccccc2C#N)cc(Cl)c1OC(C)C. The number of esters is 1. The Morgan fingerprint density at radius 1 is 1.25 bits per heavy atom. The van der Waals surface area contributed by atoms with E-state index < -0.39 is 18.5 Å². The highest BCUT2D eigenvalue weighted by Crippen LogP contribution is 2.37. The normalized spacial score (nSPS) is 10.1. The Morgan fingerprint density at radius 3 is 2.61 bits per heavy atom. The quantitative estimate of drug-likeness (QED) is 0.707. The molecule has 1 amide bonds. The fourth-order valence-corrected chi connectivity index (χ4v) is 2.53. The van der Waals surface area contributed by atoms with E-state index in [0.29, 0.717) is 17.0 Å². The third kappa shape index (κ3) is 5.38. The summed E-state index contributed by atoms with van der Waals surface area (Å²) in [7, 11) is 1.42. The monoisotopic (exact) mass is 402 g/mol. The van der Waals surface area contributed by atoms with Crippen LogP contribution in [-0.2, 0) is 9.53 Å². The van der Waals surface area contributed by atoms with Gasteiger partial charge >= 0.3 is 5.97 Å². The van der Waals surface area contributed by atoms with Gasteiger partial charge in [-0.1, -0.05) is 23.7 Å². The number of carbonyl (C=O) groups is 2. The molecule has 7 nitrogen and oxygen atoms in total. The summed E-state index contributed by atoms with van der Waals surface area (Å²) in [5.41, 5.74) is 0.758. The number of ether oxygens (including phenoxy) is 3. The van der Waals surface area contributed by atoms with Gasteiger partial charge in [0.2, 0.25) is 0 Å². The van der Waals surface area contributed by atoms with Gasteiger partial charge in [-0.05, 0) is 38.1 Å². The Balaban J connectivity index is 2.05. The summed E-state index contributed by atoms with van der Waals surface area (Å²) in [6, 6.07) is 11.3. The zero-order valence-electron chi connectivity index (χ0n) is 15.6. The number of benzene rings is 2. The molecule has 0 fully saturated rings. The number of anilines is 1. The van der Waals surface area contributed by atoms with Crippen LogP contribution in [0.4, 0.5) is 5.69 Å². The maximum atomic E-state index is 12.3. The summed E-state index contributed by atoms with van der Waals surface area (Å²) in [6.45, 7) is 3.14. The third-order valence-electron chi connectivity index (χ3n) is 3.47. The van der Waals surface area contributed by atoms with Crippen LogP contribution in [0.5, 0.6) is 11.5 Å². The predicted molar refractivity (Wildman–Crippen MR) is 104 cm³/mol. The van der Waals surface area contributed by atoms with Crippen molar-refractivity contribution >= 4 is 29.2 Å². The maximum Gasteiger partial charge on any atom is 0.338 e. The highest BCUT2D eigenvalue weighted by atomic mass is 35.5. The fourth-order valence-electron chi connectivity index (χ4n) is 2.28. The van der Waals surface area contributed by atoms with E-state index in [0.717, 1.165) is 0 Å². The Labute approximate surface area is 167 Å². The predicted octanol–water partition coefficient (Wildman–Crippen LogP) is 3.80. The van der Waals surface area contributed by atoms with E-state index in [1.54, 1.807) is 24.3 Å². The third-order valence-corrected chi connectivity index (χ3v) is 3.76. The zero-order valence-corrected chi connectivity index (χ0v) is 16.4. The van der Waals surface area contributed by atoms with Gasteiger partial charge in [0, 0.05) is 0 Å². The van der Waals surface area contributed by atoms with Gasteiger partial charge in [0.05, 0.1) is 35.1 Å². The van der Waals surface area contributed by atoms with Crippen molar-refractivity contribution in [2.45, 2.75) is 20.0 Å². The second-order valence-electron chi connectivity index (χ2n) is 5.94. The minimum Gasteiger partial charge on any atom is -0.493 e. The zero-order chi connectivity index (χ0) is 20.7. The van der Waals surface area contributed by atoms with E-state index >= 15 is 0 Å². The summed E-state index contributed by atoms with van der Waals surface area (Å²) in [6.07, 6.45) is -0.135. The number of rotatable bonds is 7. The smallest absolute Gasteiger partial charge is 0.338 e. The van der Waals surface area contributed by atoms with E-state index in [-0.39, 0.29) is 22.4 Å². The number of hydrogen-bond acceptors (Lipinski definition) is 6. The molecule has 2 aromatic rings. The van der Waals surface area contributed by atoms with Crippen LogP contribution in [0.1, 0.15) is 29.8 Å². The molecule has 0 radical (unpaired) electrons. The van der Waals surface area contributed by atoms with Crippen LogP contribution in [0.3, 0.4) is 0 Å². The van der Waals surface area contributed by atoms with E-state index in [9.17, 15) is 9.59 Å². The van der Waals surface area contributed by atoms with Gasteiger partial charge in [-0.3, -0.25) is 4.79 Å². The number of nitrogens with one attached hydrogen (secondary N) is 1. The van der Waals surface area contributed by atoms with E-state index in [4.69, 9.17) is 31.1 Å². The molecule has 0 atom stereocenters. The first kappa shape index (κ1) is 21.1. The molecule has 146 valence electrons. The molecule has 28 heavy (non-hydrogen) atoms. The maximum absolute atomic E-state index is 12.3. The van der Waals surface area contributed by atoms with Crippen molar-refractivity contribution in [2.24, 2.45) is 0 Å². The average Bonchev–Trinajstić information content (AvgIpc) is 2.67. The Morgan fingerprint density at radius 2 is 1.96 bits per heavy atom. The molecule has 0 saturated heterocycles. The molecule has 0 saturated carbocycles. The van der Waals surface area contributed by atoms with Gasteiger partial charge in [0.15, 0.2) is 18.1 Å². The molecule has 1 N–H and O–H groups in total. The standard InChI is InChI=1S/C20H19ClN2O5/c1-12(2)28-19-15(21)8-14(9-17(19)26-3)20(25)27-11-18(24)23-16-7-5-4-6-13(16)10-22/h4-9,12H,11H2,1-3H3,(H,23,24). The number of para-hydroxylation sites is 1. The largest absolute Gasteiger partial charge is 0.493 e. The van der Waals surface area contributed by atoms with E-state index in [1.165, 1.54) is 19.2 Å². The first-order valence-electron chi connectivity index (χ1n) is 8.36. The van der Waals surface area contributed by atoms with Crippen LogP contribution in [-0.4, -0.2) is 31.7 Å². The minimum atomic E-state index is -0.750. The number of nitrogens with zero attached hydrogens (tertiary/aromatic N) is 1. The Hall–Kier alpha value is -3.24. The van der Waals surface area contributed by atoms with Crippen LogP contribution < -0.4 is 14.8 Å². The molecule has 0 aliphatic carbocycles. The Kier molecular flexibility index (Phi) is 7.24. The van der Waals surface area contributed by atoms with Gasteiger partial charge in [-0.2, -0.15) is 5.26 Å². The molecule has 0 bridgehead atoms. The van der Waals surface area contributed by atoms with Gasteiger partial charge in [-0.25, -0.2) is 4.79 Å². The van der Waals surface area contributed by atoms with Crippen LogP contribution in [0.15, 0.2) is 36.4 Å². The molecule has 0 aliphatic heterocycles. The van der Waals surface area contributed by atoms with Crippen molar-refractivity contribution in [1.82, 2.24) is 0 Å². The molecular formula is C20H19ClN2O5. The Bertz CT molecular complexity index is 921. The molecular weight excluding hydrogens is 384 g/mol. The van der Waals surface area contributed by atoms with Crippen LogP contribution in [0, 0.1) is 11.3 Å². The molecule has 2 aromatic carbocycles. The van der Waals surface area contributed by atoms with Gasteiger partial charge in [-0.15, -0.1) is 0 Å². The fraction of sp³-hybridized carbons (Fsp3) is 0.250. The van der Waals surface area contributed by atoms with Gasteiger partial charge in [0.25, 0.3) is 5.91 Å². The van der Waals surface area contributed by atoms with Crippen molar-refractivity contribution in [1.29, 1.82) is 5.26 Å². The lowest BCUT2D eigenvalue weighted by atomic mass is 10.2. The van der Waals surface area contributed by atoms with E-state index in [2.05, 4.69) is 5.32 Å². The number of halogens is 1. The summed E-state index contributed by atoms with van der Waals surface area (Å²) in [5.74, 6) is -0.726. The second kappa shape index (κ2) is 9.62. The minimum absolute atomic E-state index is 0.114. The van der Waals surface area contributed by atoms with Gasteiger partial charge < -0.3 is 19.5 Å². The molecule has 8 heteroatoms. The molecule has 0 aromatic heterocycles. The highest BCUT2D eigenvalue weighted by Gasteiger charge is 2.18. The van der Waals surface area contributed by atoms with E-state index in [1.807, 2.05) is 19.9 Å². The summed E-state index contributed by atoms with van der Waals surface area (Å²) >= 11 is 6.18. The first-order chi connectivity index (χ1) is 13.3. The van der Waals surface area contributed by atoms with Crippen molar-refractivity contribution < 1.29 is 23.8 Å². The average molecular weight is 403 g/mol. The first-order valence-corrected chi connectivity index (χ1v) is 8.73. The summed E-state index contributed by atoms with van der Waals surface area (Å²) in [5, 5.41) is 11.7. The molecule has 2 rings (SSSR count). The van der Waals surface area contributed by atoms with Crippen LogP contribution >= 0.6 is 11.6 Å². The lowest BCUT2D eigenvalue weighted by Crippen LogP contribution is -2.21. The lowest BCUT2D eigenvalue weighted by Gasteiger charge is -2.16. The summed E-state index contributed by atoms with van der Waals surface area (Å²) < 4.78 is 15.8. The topological polar surface area (TPSA) is 97.6 Å². The van der Waals surface area contributed by atoms with Crippen molar-refractivity contribution in [3.63, 3.8) is 0 Å². The number of methoxy groups -OCH3 is 1. The number of amides is 1. The van der Waals surface area contributed by atoms with Crippen molar-refractivity contribution in [3.8, 4) is 17.6 Å².